The molecule has 0 bridgehead atoms. The number of carbonyl (C=O) groups excluding carboxylic acids is 1. The molecule has 0 unspecified atom stereocenters. The van der Waals surface area contributed by atoms with E-state index in [2.05, 4.69) is 32.4 Å². The second kappa shape index (κ2) is 7.79. The van der Waals surface area contributed by atoms with E-state index in [4.69, 9.17) is 0 Å². The first-order chi connectivity index (χ1) is 11.7. The molecule has 0 saturated carbocycles. The van der Waals surface area contributed by atoms with Gasteiger partial charge in [0.25, 0.3) is 0 Å². The number of imidazole rings is 1. The Balaban J connectivity index is 1.56. The van der Waals surface area contributed by atoms with Gasteiger partial charge < -0.3 is 10.3 Å². The molecule has 0 spiro atoms. The van der Waals surface area contributed by atoms with Crippen molar-refractivity contribution in [2.75, 3.05) is 11.1 Å². The van der Waals surface area contributed by atoms with Crippen LogP contribution in [0.2, 0.25) is 0 Å². The van der Waals surface area contributed by atoms with E-state index in [9.17, 15) is 4.79 Å². The van der Waals surface area contributed by atoms with E-state index < -0.39 is 0 Å². The van der Waals surface area contributed by atoms with Crippen LogP contribution in [-0.4, -0.2) is 26.6 Å². The summed E-state index contributed by atoms with van der Waals surface area (Å²) in [7, 11) is 0. The Bertz CT molecular complexity index is 802. The number of pyridine rings is 1. The first kappa shape index (κ1) is 16.3. The number of thioether (sulfide) groups is 1. The van der Waals surface area contributed by atoms with Crippen molar-refractivity contribution in [2.45, 2.75) is 18.5 Å². The van der Waals surface area contributed by atoms with Gasteiger partial charge in [0.15, 0.2) is 5.16 Å². The van der Waals surface area contributed by atoms with E-state index in [0.29, 0.717) is 11.4 Å². The summed E-state index contributed by atoms with van der Waals surface area (Å²) in [4.78, 5) is 23.8. The number of amides is 1. The second-order valence-electron chi connectivity index (χ2n) is 5.35. The van der Waals surface area contributed by atoms with Crippen molar-refractivity contribution in [3.63, 3.8) is 0 Å². The fourth-order valence-electron chi connectivity index (χ4n) is 2.26. The predicted molar refractivity (Wildman–Crippen MR) is 96.2 cm³/mol. The molecule has 6 heteroatoms. The van der Waals surface area contributed by atoms with Crippen LogP contribution >= 0.6 is 11.8 Å². The molecular weight excluding hydrogens is 320 g/mol. The standard InChI is InChI=1S/C18H18N4OS/c1-13-16(10-14-6-3-2-4-7-14)22-18(20-13)24-12-17(23)21-15-8-5-9-19-11-15/h2-9,11H,10,12H2,1H3,(H,20,22)(H,21,23). The zero-order valence-electron chi connectivity index (χ0n) is 13.3. The SMILES string of the molecule is Cc1[nH]c(SCC(=O)Nc2cccnc2)nc1Cc1ccccc1. The molecule has 24 heavy (non-hydrogen) atoms. The predicted octanol–water partition coefficient (Wildman–Crippen LogP) is 3.43. The molecule has 122 valence electrons. The Kier molecular flexibility index (Phi) is 5.28. The van der Waals surface area contributed by atoms with E-state index in [-0.39, 0.29) is 5.91 Å². The average Bonchev–Trinajstić information content (AvgIpc) is 2.95. The maximum absolute atomic E-state index is 12.0. The smallest absolute Gasteiger partial charge is 0.234 e. The minimum atomic E-state index is -0.0772. The number of anilines is 1. The third kappa shape index (κ3) is 4.45. The highest BCUT2D eigenvalue weighted by Crippen LogP contribution is 2.19. The summed E-state index contributed by atoms with van der Waals surface area (Å²) in [5, 5.41) is 3.57. The fraction of sp³-hybridized carbons (Fsp3) is 0.167. The average molecular weight is 338 g/mol. The van der Waals surface area contributed by atoms with Crippen molar-refractivity contribution < 1.29 is 4.79 Å². The molecule has 0 fully saturated rings. The molecule has 0 atom stereocenters. The Morgan fingerprint density at radius 1 is 1.21 bits per heavy atom. The Hall–Kier alpha value is -2.60. The summed E-state index contributed by atoms with van der Waals surface area (Å²) in [6.45, 7) is 2.01. The van der Waals surface area contributed by atoms with Crippen LogP contribution in [0.4, 0.5) is 5.69 Å². The Labute approximate surface area is 144 Å². The van der Waals surface area contributed by atoms with E-state index in [1.54, 1.807) is 18.5 Å². The number of hydrogen-bond donors (Lipinski definition) is 2. The molecule has 5 nitrogen and oxygen atoms in total. The number of aryl methyl sites for hydroxylation is 1. The lowest BCUT2D eigenvalue weighted by Gasteiger charge is -2.02. The topological polar surface area (TPSA) is 70.7 Å². The highest BCUT2D eigenvalue weighted by molar-refractivity contribution is 7.99. The molecule has 2 aromatic heterocycles. The summed E-state index contributed by atoms with van der Waals surface area (Å²) in [6, 6.07) is 13.8. The zero-order valence-corrected chi connectivity index (χ0v) is 14.1. The molecule has 0 aliphatic heterocycles. The number of H-pyrrole nitrogens is 1. The number of carbonyl (C=O) groups is 1. The molecule has 0 radical (unpaired) electrons. The van der Waals surface area contributed by atoms with Crippen LogP contribution in [0, 0.1) is 6.92 Å². The third-order valence-electron chi connectivity index (χ3n) is 3.46. The van der Waals surface area contributed by atoms with Crippen LogP contribution in [0.3, 0.4) is 0 Å². The molecule has 1 amide bonds. The van der Waals surface area contributed by atoms with Crippen molar-refractivity contribution in [1.29, 1.82) is 0 Å². The second-order valence-corrected chi connectivity index (χ2v) is 6.32. The number of aromatic nitrogens is 3. The van der Waals surface area contributed by atoms with E-state index >= 15 is 0 Å². The molecule has 3 rings (SSSR count). The van der Waals surface area contributed by atoms with Crippen molar-refractivity contribution in [3.05, 3.63) is 71.8 Å². The van der Waals surface area contributed by atoms with Gasteiger partial charge in [0.1, 0.15) is 0 Å². The summed E-state index contributed by atoms with van der Waals surface area (Å²) < 4.78 is 0. The minimum Gasteiger partial charge on any atom is -0.337 e. The molecule has 2 heterocycles. The quantitative estimate of drug-likeness (QED) is 0.676. The van der Waals surface area contributed by atoms with Gasteiger partial charge in [0.05, 0.1) is 23.3 Å². The molecule has 0 aliphatic carbocycles. The first-order valence-electron chi connectivity index (χ1n) is 7.63. The maximum atomic E-state index is 12.0. The van der Waals surface area contributed by atoms with Crippen molar-refractivity contribution in [2.24, 2.45) is 0 Å². The van der Waals surface area contributed by atoms with Crippen LogP contribution < -0.4 is 5.32 Å². The van der Waals surface area contributed by atoms with E-state index in [1.807, 2.05) is 31.2 Å². The van der Waals surface area contributed by atoms with Gasteiger partial charge in [0, 0.05) is 18.3 Å². The highest BCUT2D eigenvalue weighted by Gasteiger charge is 2.10. The van der Waals surface area contributed by atoms with Gasteiger partial charge >= 0.3 is 0 Å². The maximum Gasteiger partial charge on any atom is 0.234 e. The summed E-state index contributed by atoms with van der Waals surface area (Å²) in [5.74, 6) is 0.221. The lowest BCUT2D eigenvalue weighted by atomic mass is 10.1. The largest absolute Gasteiger partial charge is 0.337 e. The first-order valence-corrected chi connectivity index (χ1v) is 8.61. The van der Waals surface area contributed by atoms with Crippen LogP contribution in [0.15, 0.2) is 60.0 Å². The van der Waals surface area contributed by atoms with Crippen LogP contribution in [0.5, 0.6) is 0 Å². The van der Waals surface area contributed by atoms with Gasteiger partial charge in [-0.1, -0.05) is 42.1 Å². The third-order valence-corrected chi connectivity index (χ3v) is 4.34. The summed E-state index contributed by atoms with van der Waals surface area (Å²) in [6.07, 6.45) is 4.08. The number of hydrogen-bond acceptors (Lipinski definition) is 4. The Morgan fingerprint density at radius 3 is 2.79 bits per heavy atom. The summed E-state index contributed by atoms with van der Waals surface area (Å²) in [5.41, 5.74) is 3.96. The van der Waals surface area contributed by atoms with Gasteiger partial charge in [-0.15, -0.1) is 0 Å². The molecule has 3 aromatic rings. The van der Waals surface area contributed by atoms with Crippen molar-refractivity contribution in [1.82, 2.24) is 15.0 Å². The van der Waals surface area contributed by atoms with Crippen LogP contribution in [0.25, 0.3) is 0 Å². The fourth-order valence-corrected chi connectivity index (χ4v) is 3.00. The molecule has 2 N–H and O–H groups in total. The van der Waals surface area contributed by atoms with Crippen molar-refractivity contribution in [3.8, 4) is 0 Å². The Morgan fingerprint density at radius 2 is 2.04 bits per heavy atom. The number of nitrogens with zero attached hydrogens (tertiary/aromatic N) is 2. The van der Waals surface area contributed by atoms with Gasteiger partial charge in [-0.2, -0.15) is 0 Å². The number of aromatic amines is 1. The van der Waals surface area contributed by atoms with Crippen LogP contribution in [0.1, 0.15) is 17.0 Å². The number of rotatable bonds is 6. The highest BCUT2D eigenvalue weighted by atomic mass is 32.2. The van der Waals surface area contributed by atoms with Gasteiger partial charge in [-0.25, -0.2) is 4.98 Å². The minimum absolute atomic E-state index is 0.0772. The van der Waals surface area contributed by atoms with Gasteiger partial charge in [-0.05, 0) is 24.6 Å². The monoisotopic (exact) mass is 338 g/mol. The van der Waals surface area contributed by atoms with Crippen molar-refractivity contribution >= 4 is 23.4 Å². The van der Waals surface area contributed by atoms with Crippen LogP contribution in [-0.2, 0) is 11.2 Å². The lowest BCUT2D eigenvalue weighted by Crippen LogP contribution is -2.14. The van der Waals surface area contributed by atoms with Gasteiger partial charge in [0.2, 0.25) is 5.91 Å². The normalized spacial score (nSPS) is 10.5. The summed E-state index contributed by atoms with van der Waals surface area (Å²) >= 11 is 1.39. The van der Waals surface area contributed by atoms with E-state index in [1.165, 1.54) is 17.3 Å². The number of benzene rings is 1. The number of nitrogens with one attached hydrogen (secondary N) is 2. The lowest BCUT2D eigenvalue weighted by molar-refractivity contribution is -0.113. The molecular formula is C18H18N4OS. The molecule has 0 aliphatic rings. The zero-order chi connectivity index (χ0) is 16.8. The molecule has 1 aromatic carbocycles. The van der Waals surface area contributed by atoms with E-state index in [0.717, 1.165) is 23.0 Å². The van der Waals surface area contributed by atoms with Gasteiger partial charge in [-0.3, -0.25) is 9.78 Å². The molecule has 0 saturated heterocycles.